The van der Waals surface area contributed by atoms with E-state index in [9.17, 15) is 14.4 Å². The van der Waals surface area contributed by atoms with Gasteiger partial charge in [-0.15, -0.1) is 0 Å². The number of carbonyl (C=O) groups excluding carboxylic acids is 3. The van der Waals surface area contributed by atoms with Crippen LogP contribution in [0.1, 0.15) is 62.0 Å². The third kappa shape index (κ3) is 5.66. The molecule has 0 spiro atoms. The molecule has 1 saturated carbocycles. The number of rotatable bonds is 10. The fraction of sp³-hybridized carbons (Fsp3) is 0.640. The van der Waals surface area contributed by atoms with Crippen LogP contribution >= 0.6 is 0 Å². The lowest BCUT2D eigenvalue weighted by Gasteiger charge is -2.38. The van der Waals surface area contributed by atoms with E-state index in [1.807, 2.05) is 0 Å². The Balaban J connectivity index is 1.84. The third-order valence-corrected chi connectivity index (χ3v) is 6.96. The van der Waals surface area contributed by atoms with Crippen molar-refractivity contribution in [3.63, 3.8) is 0 Å². The SMILES string of the molecule is CC(C)[C@@H]1CC[C@@H](C)C[C@H]1C(=O)N1C(=O)C(NCN)c2cc(C(=O)NCCOCCO)ccc21. The molecule has 0 radical (unpaired) electrons. The second kappa shape index (κ2) is 11.9. The predicted octanol–water partition coefficient (Wildman–Crippen LogP) is 1.55. The van der Waals surface area contributed by atoms with Crippen LogP contribution in [0.4, 0.5) is 5.69 Å². The summed E-state index contributed by atoms with van der Waals surface area (Å²) in [6.07, 6.45) is 2.85. The Morgan fingerprint density at radius 1 is 1.26 bits per heavy atom. The second-order valence-electron chi connectivity index (χ2n) is 9.65. The number of aliphatic hydroxyl groups excluding tert-OH is 1. The first-order valence-electron chi connectivity index (χ1n) is 12.2. The number of fused-ring (bicyclic) bond motifs is 1. The van der Waals surface area contributed by atoms with Gasteiger partial charge in [0, 0.05) is 30.3 Å². The van der Waals surface area contributed by atoms with Gasteiger partial charge in [-0.1, -0.05) is 27.2 Å². The molecule has 1 fully saturated rings. The summed E-state index contributed by atoms with van der Waals surface area (Å²) >= 11 is 0. The molecule has 0 aromatic heterocycles. The predicted molar refractivity (Wildman–Crippen MR) is 129 cm³/mol. The number of hydrogen-bond acceptors (Lipinski definition) is 7. The van der Waals surface area contributed by atoms with E-state index in [1.165, 1.54) is 4.90 Å². The highest BCUT2D eigenvalue weighted by Crippen LogP contribution is 2.43. The van der Waals surface area contributed by atoms with Crippen molar-refractivity contribution in [3.8, 4) is 0 Å². The first kappa shape index (κ1) is 26.3. The first-order chi connectivity index (χ1) is 16.3. The molecule has 1 heterocycles. The molecular formula is C25H38N4O5. The van der Waals surface area contributed by atoms with Gasteiger partial charge < -0.3 is 20.9 Å². The Bertz CT molecular complexity index is 890. The quantitative estimate of drug-likeness (QED) is 0.230. The van der Waals surface area contributed by atoms with E-state index in [2.05, 4.69) is 31.4 Å². The van der Waals surface area contributed by atoms with Crippen molar-refractivity contribution in [2.24, 2.45) is 29.4 Å². The standard InChI is InChI=1S/C25H38N4O5/c1-15(2)18-6-4-16(3)12-19(18)24(32)29-21-7-5-17(23(31)27-8-10-34-11-9-30)13-20(21)22(25(29)33)28-14-26/h5,7,13,15-16,18-19,22,28,30H,4,6,8-12,14,26H2,1-3H3,(H,27,31)/t16-,18+,19-,22?/m1/s1. The maximum absolute atomic E-state index is 13.8. The van der Waals surface area contributed by atoms with Crippen LogP contribution in [0.2, 0.25) is 0 Å². The summed E-state index contributed by atoms with van der Waals surface area (Å²) < 4.78 is 5.16. The van der Waals surface area contributed by atoms with Crippen molar-refractivity contribution in [1.82, 2.24) is 10.6 Å². The van der Waals surface area contributed by atoms with Crippen LogP contribution in [0, 0.1) is 23.7 Å². The molecule has 0 bridgehead atoms. The maximum atomic E-state index is 13.8. The lowest BCUT2D eigenvalue weighted by Crippen LogP contribution is -2.46. The van der Waals surface area contributed by atoms with Crippen LogP contribution in [-0.2, 0) is 14.3 Å². The largest absolute Gasteiger partial charge is 0.394 e. The molecule has 5 N–H and O–H groups in total. The van der Waals surface area contributed by atoms with Crippen molar-refractivity contribution >= 4 is 23.4 Å². The van der Waals surface area contributed by atoms with Gasteiger partial charge in [-0.2, -0.15) is 0 Å². The highest BCUT2D eigenvalue weighted by Gasteiger charge is 2.46. The number of imide groups is 1. The Hall–Kier alpha value is -2.33. The van der Waals surface area contributed by atoms with Crippen LogP contribution in [0.3, 0.4) is 0 Å². The van der Waals surface area contributed by atoms with Crippen molar-refractivity contribution < 1.29 is 24.2 Å². The molecule has 1 aliphatic carbocycles. The fourth-order valence-corrected chi connectivity index (χ4v) is 5.21. The lowest BCUT2D eigenvalue weighted by atomic mass is 9.69. The zero-order valence-electron chi connectivity index (χ0n) is 20.4. The Morgan fingerprint density at radius 2 is 2.03 bits per heavy atom. The van der Waals surface area contributed by atoms with Gasteiger partial charge in [0.25, 0.3) is 11.8 Å². The number of carbonyl (C=O) groups is 3. The van der Waals surface area contributed by atoms with E-state index >= 15 is 0 Å². The number of ether oxygens (including phenoxy) is 1. The number of anilines is 1. The third-order valence-electron chi connectivity index (χ3n) is 6.96. The minimum absolute atomic E-state index is 0.0611. The second-order valence-corrected chi connectivity index (χ2v) is 9.65. The number of aliphatic hydroxyl groups is 1. The molecule has 34 heavy (non-hydrogen) atoms. The van der Waals surface area contributed by atoms with E-state index < -0.39 is 6.04 Å². The molecule has 4 atom stereocenters. The zero-order chi connectivity index (χ0) is 24.8. The number of amides is 3. The molecule has 1 aromatic carbocycles. The number of hydrogen-bond donors (Lipinski definition) is 4. The minimum atomic E-state index is -0.775. The smallest absolute Gasteiger partial charge is 0.255 e. The number of nitrogens with two attached hydrogens (primary N) is 1. The summed E-state index contributed by atoms with van der Waals surface area (Å²) in [7, 11) is 0. The summed E-state index contributed by atoms with van der Waals surface area (Å²) in [5, 5.41) is 14.5. The average Bonchev–Trinajstić information content (AvgIpc) is 3.09. The van der Waals surface area contributed by atoms with Crippen LogP contribution in [0.15, 0.2) is 18.2 Å². The van der Waals surface area contributed by atoms with Gasteiger partial charge in [0.15, 0.2) is 0 Å². The van der Waals surface area contributed by atoms with Crippen LogP contribution in [0.5, 0.6) is 0 Å². The average molecular weight is 475 g/mol. The van der Waals surface area contributed by atoms with E-state index in [0.29, 0.717) is 35.2 Å². The number of nitrogens with zero attached hydrogens (tertiary/aromatic N) is 1. The lowest BCUT2D eigenvalue weighted by molar-refractivity contribution is -0.132. The first-order valence-corrected chi connectivity index (χ1v) is 12.2. The minimum Gasteiger partial charge on any atom is -0.394 e. The topological polar surface area (TPSA) is 134 Å². The van der Waals surface area contributed by atoms with Crippen molar-refractivity contribution in [3.05, 3.63) is 29.3 Å². The monoisotopic (exact) mass is 474 g/mol. The highest BCUT2D eigenvalue weighted by atomic mass is 16.5. The van der Waals surface area contributed by atoms with E-state index in [-0.39, 0.29) is 56.0 Å². The van der Waals surface area contributed by atoms with E-state index in [4.69, 9.17) is 15.6 Å². The number of benzene rings is 1. The van der Waals surface area contributed by atoms with Gasteiger partial charge in [-0.05, 0) is 48.8 Å². The summed E-state index contributed by atoms with van der Waals surface area (Å²) in [6, 6.07) is 4.19. The zero-order valence-corrected chi connectivity index (χ0v) is 20.4. The molecule has 1 aromatic rings. The van der Waals surface area contributed by atoms with Gasteiger partial charge in [-0.25, -0.2) is 4.90 Å². The van der Waals surface area contributed by atoms with Crippen LogP contribution in [0.25, 0.3) is 0 Å². The van der Waals surface area contributed by atoms with E-state index in [0.717, 1.165) is 19.3 Å². The Kier molecular flexibility index (Phi) is 9.18. The summed E-state index contributed by atoms with van der Waals surface area (Å²) in [5.41, 5.74) is 7.18. The van der Waals surface area contributed by atoms with Crippen molar-refractivity contribution in [1.29, 1.82) is 0 Å². The summed E-state index contributed by atoms with van der Waals surface area (Å²) in [5.74, 6) is 0.00600. The molecule has 3 rings (SSSR count). The molecule has 0 saturated heterocycles. The highest BCUT2D eigenvalue weighted by molar-refractivity contribution is 6.21. The molecule has 188 valence electrons. The summed E-state index contributed by atoms with van der Waals surface area (Å²) in [6.45, 7) is 7.21. The molecule has 1 unspecified atom stereocenters. The molecule has 9 nitrogen and oxygen atoms in total. The Labute approximate surface area is 201 Å². The van der Waals surface area contributed by atoms with Crippen LogP contribution in [-0.4, -0.2) is 55.9 Å². The van der Waals surface area contributed by atoms with Gasteiger partial charge in [0.2, 0.25) is 5.91 Å². The van der Waals surface area contributed by atoms with Gasteiger partial charge in [-0.3, -0.25) is 19.7 Å². The van der Waals surface area contributed by atoms with Gasteiger partial charge in [0.1, 0.15) is 6.04 Å². The van der Waals surface area contributed by atoms with Gasteiger partial charge in [0.05, 0.1) is 25.5 Å². The Morgan fingerprint density at radius 3 is 2.71 bits per heavy atom. The molecule has 2 aliphatic rings. The maximum Gasteiger partial charge on any atom is 0.255 e. The molecule has 3 amide bonds. The number of nitrogens with one attached hydrogen (secondary N) is 2. The fourth-order valence-electron chi connectivity index (χ4n) is 5.21. The normalized spacial score (nSPS) is 24.4. The van der Waals surface area contributed by atoms with Gasteiger partial charge >= 0.3 is 0 Å². The molecular weight excluding hydrogens is 436 g/mol. The van der Waals surface area contributed by atoms with Crippen molar-refractivity contribution in [2.45, 2.75) is 46.1 Å². The van der Waals surface area contributed by atoms with E-state index in [1.54, 1.807) is 18.2 Å². The van der Waals surface area contributed by atoms with Crippen molar-refractivity contribution in [2.75, 3.05) is 37.9 Å². The molecule has 1 aliphatic heterocycles. The summed E-state index contributed by atoms with van der Waals surface area (Å²) in [4.78, 5) is 41.1. The molecule has 9 heteroatoms. The van der Waals surface area contributed by atoms with Crippen LogP contribution < -0.4 is 21.3 Å².